The fourth-order valence-electron chi connectivity index (χ4n) is 1.73. The van der Waals surface area contributed by atoms with Gasteiger partial charge in [-0.05, 0) is 19.3 Å². The highest BCUT2D eigenvalue weighted by Gasteiger charge is 2.35. The molecular weight excluding hydrogens is 190 g/mol. The standard InChI is InChI=1S/C8H15NO3S/c10-13(11,9-4-1-5-9)8-2-6-12-7-3-8/h8H,1-7H2. The van der Waals surface area contributed by atoms with Gasteiger partial charge >= 0.3 is 0 Å². The molecular formula is C8H15NO3S. The van der Waals surface area contributed by atoms with E-state index in [1.807, 2.05) is 0 Å². The molecule has 0 aromatic carbocycles. The van der Waals surface area contributed by atoms with Gasteiger partial charge in [0.05, 0.1) is 5.25 Å². The van der Waals surface area contributed by atoms with Crippen LogP contribution in [0.25, 0.3) is 0 Å². The molecule has 0 aromatic heterocycles. The summed E-state index contributed by atoms with van der Waals surface area (Å²) >= 11 is 0. The molecule has 2 heterocycles. The van der Waals surface area contributed by atoms with E-state index in [2.05, 4.69) is 0 Å². The summed E-state index contributed by atoms with van der Waals surface area (Å²) in [6.07, 6.45) is 2.35. The van der Waals surface area contributed by atoms with Gasteiger partial charge in [0.25, 0.3) is 0 Å². The molecule has 0 bridgehead atoms. The summed E-state index contributed by atoms with van der Waals surface area (Å²) in [5, 5.41) is -0.179. The third-order valence-electron chi connectivity index (χ3n) is 2.76. The lowest BCUT2D eigenvalue weighted by Crippen LogP contribution is -2.48. The number of rotatable bonds is 2. The number of nitrogens with zero attached hydrogens (tertiary/aromatic N) is 1. The minimum atomic E-state index is -2.97. The molecule has 2 saturated heterocycles. The Hall–Kier alpha value is -0.130. The Balaban J connectivity index is 2.03. The van der Waals surface area contributed by atoms with E-state index in [-0.39, 0.29) is 5.25 Å². The predicted octanol–water partition coefficient (Wildman–Crippen LogP) is 0.201. The fraction of sp³-hybridized carbons (Fsp3) is 1.00. The second kappa shape index (κ2) is 3.55. The van der Waals surface area contributed by atoms with Crippen molar-refractivity contribution in [2.45, 2.75) is 24.5 Å². The van der Waals surface area contributed by atoms with Crippen LogP contribution in [0.3, 0.4) is 0 Å². The molecule has 2 aliphatic heterocycles. The van der Waals surface area contributed by atoms with Crippen molar-refractivity contribution in [3.63, 3.8) is 0 Å². The van der Waals surface area contributed by atoms with E-state index < -0.39 is 10.0 Å². The van der Waals surface area contributed by atoms with Gasteiger partial charge in [-0.25, -0.2) is 12.7 Å². The zero-order valence-corrected chi connectivity index (χ0v) is 8.42. The molecule has 2 rings (SSSR count). The van der Waals surface area contributed by atoms with Crippen LogP contribution in [0.5, 0.6) is 0 Å². The summed E-state index contributed by atoms with van der Waals surface area (Å²) in [5.41, 5.74) is 0. The van der Waals surface area contributed by atoms with Crippen molar-refractivity contribution in [1.29, 1.82) is 0 Å². The number of hydrogen-bond donors (Lipinski definition) is 0. The molecule has 0 radical (unpaired) electrons. The Kier molecular flexibility index (Phi) is 2.58. The average Bonchev–Trinajstić information content (AvgIpc) is 2.02. The van der Waals surface area contributed by atoms with E-state index in [0.29, 0.717) is 26.1 Å². The van der Waals surface area contributed by atoms with Crippen LogP contribution in [-0.2, 0) is 14.8 Å². The Morgan fingerprint density at radius 1 is 1.15 bits per heavy atom. The van der Waals surface area contributed by atoms with Crippen LogP contribution in [-0.4, -0.2) is 44.3 Å². The fourth-order valence-corrected chi connectivity index (χ4v) is 3.70. The zero-order valence-electron chi connectivity index (χ0n) is 7.61. The second-order valence-corrected chi connectivity index (χ2v) is 5.82. The van der Waals surface area contributed by atoms with Crippen molar-refractivity contribution in [2.24, 2.45) is 0 Å². The molecule has 2 aliphatic rings. The third-order valence-corrected chi connectivity index (χ3v) is 5.16. The Bertz CT molecular complexity index is 265. The van der Waals surface area contributed by atoms with E-state index in [1.165, 1.54) is 0 Å². The Labute approximate surface area is 78.9 Å². The highest BCUT2D eigenvalue weighted by Crippen LogP contribution is 2.23. The van der Waals surface area contributed by atoms with Crippen molar-refractivity contribution in [1.82, 2.24) is 4.31 Å². The van der Waals surface area contributed by atoms with Crippen molar-refractivity contribution >= 4 is 10.0 Å². The second-order valence-electron chi connectivity index (χ2n) is 3.61. The molecule has 0 aromatic rings. The summed E-state index contributed by atoms with van der Waals surface area (Å²) in [6.45, 7) is 2.63. The predicted molar refractivity (Wildman–Crippen MR) is 49.0 cm³/mol. The van der Waals surface area contributed by atoms with Crippen LogP contribution < -0.4 is 0 Å². The van der Waals surface area contributed by atoms with E-state index in [9.17, 15) is 8.42 Å². The quantitative estimate of drug-likeness (QED) is 0.647. The first-order valence-corrected chi connectivity index (χ1v) is 6.28. The molecule has 0 unspecified atom stereocenters. The van der Waals surface area contributed by atoms with Gasteiger partial charge in [-0.1, -0.05) is 0 Å². The van der Waals surface area contributed by atoms with Crippen LogP contribution in [0.1, 0.15) is 19.3 Å². The molecule has 4 nitrogen and oxygen atoms in total. The summed E-state index contributed by atoms with van der Waals surface area (Å²) in [4.78, 5) is 0. The van der Waals surface area contributed by atoms with Crippen molar-refractivity contribution < 1.29 is 13.2 Å². The van der Waals surface area contributed by atoms with Gasteiger partial charge in [0.2, 0.25) is 10.0 Å². The summed E-state index contributed by atoms with van der Waals surface area (Å²) in [6, 6.07) is 0. The van der Waals surface area contributed by atoms with Gasteiger partial charge in [-0.2, -0.15) is 0 Å². The minimum Gasteiger partial charge on any atom is -0.381 e. The molecule has 5 heteroatoms. The van der Waals surface area contributed by atoms with Crippen molar-refractivity contribution in [2.75, 3.05) is 26.3 Å². The molecule has 0 saturated carbocycles. The highest BCUT2D eigenvalue weighted by molar-refractivity contribution is 7.89. The van der Waals surface area contributed by atoms with Crippen LogP contribution >= 0.6 is 0 Å². The maximum absolute atomic E-state index is 11.8. The van der Waals surface area contributed by atoms with Gasteiger partial charge in [-0.3, -0.25) is 0 Å². The van der Waals surface area contributed by atoms with Crippen molar-refractivity contribution in [3.05, 3.63) is 0 Å². The van der Waals surface area contributed by atoms with E-state index in [0.717, 1.165) is 19.5 Å². The minimum absolute atomic E-state index is 0.179. The maximum atomic E-state index is 11.8. The summed E-state index contributed by atoms with van der Waals surface area (Å²) in [7, 11) is -2.97. The van der Waals surface area contributed by atoms with Gasteiger partial charge in [0, 0.05) is 26.3 Å². The summed E-state index contributed by atoms with van der Waals surface area (Å²) in [5.74, 6) is 0. The topological polar surface area (TPSA) is 46.6 Å². The monoisotopic (exact) mass is 205 g/mol. The molecule has 2 fully saturated rings. The molecule has 0 spiro atoms. The van der Waals surface area contributed by atoms with Gasteiger partial charge in [0.15, 0.2) is 0 Å². The van der Waals surface area contributed by atoms with Crippen LogP contribution in [0.2, 0.25) is 0 Å². The summed E-state index contributed by atoms with van der Waals surface area (Å²) < 4.78 is 30.4. The number of sulfonamides is 1. The largest absolute Gasteiger partial charge is 0.381 e. The number of hydrogen-bond acceptors (Lipinski definition) is 3. The van der Waals surface area contributed by atoms with Crippen LogP contribution in [0, 0.1) is 0 Å². The molecule has 0 N–H and O–H groups in total. The molecule has 76 valence electrons. The third kappa shape index (κ3) is 1.73. The lowest BCUT2D eigenvalue weighted by molar-refractivity contribution is 0.0965. The lowest BCUT2D eigenvalue weighted by Gasteiger charge is -2.34. The first-order valence-electron chi connectivity index (χ1n) is 4.78. The molecule has 0 amide bonds. The SMILES string of the molecule is O=S(=O)(C1CCOCC1)N1CCC1. The molecule has 0 aliphatic carbocycles. The van der Waals surface area contributed by atoms with E-state index in [1.54, 1.807) is 4.31 Å². The Morgan fingerprint density at radius 3 is 2.23 bits per heavy atom. The van der Waals surface area contributed by atoms with Crippen molar-refractivity contribution in [3.8, 4) is 0 Å². The maximum Gasteiger partial charge on any atom is 0.217 e. The Morgan fingerprint density at radius 2 is 1.77 bits per heavy atom. The first kappa shape index (κ1) is 9.43. The normalized spacial score (nSPS) is 27.1. The highest BCUT2D eigenvalue weighted by atomic mass is 32.2. The molecule has 13 heavy (non-hydrogen) atoms. The first-order chi connectivity index (χ1) is 6.21. The van der Waals surface area contributed by atoms with E-state index >= 15 is 0 Å². The van der Waals surface area contributed by atoms with Gasteiger partial charge in [-0.15, -0.1) is 0 Å². The van der Waals surface area contributed by atoms with E-state index in [4.69, 9.17) is 4.74 Å². The van der Waals surface area contributed by atoms with Crippen LogP contribution in [0.15, 0.2) is 0 Å². The lowest BCUT2D eigenvalue weighted by atomic mass is 10.2. The number of ether oxygens (including phenoxy) is 1. The zero-order chi connectivity index (χ0) is 9.31. The van der Waals surface area contributed by atoms with Gasteiger partial charge in [0.1, 0.15) is 0 Å². The average molecular weight is 205 g/mol. The van der Waals surface area contributed by atoms with Crippen LogP contribution in [0.4, 0.5) is 0 Å². The van der Waals surface area contributed by atoms with Gasteiger partial charge < -0.3 is 4.74 Å². The smallest absolute Gasteiger partial charge is 0.217 e. The molecule has 0 atom stereocenters.